The van der Waals surface area contributed by atoms with Gasteiger partial charge in [-0.1, -0.05) is 6.08 Å². The molecule has 0 spiro atoms. The number of allylic oxidation sites excluding steroid dienone is 1. The average Bonchev–Trinajstić information content (AvgIpc) is 1.80. The summed E-state index contributed by atoms with van der Waals surface area (Å²) in [6.07, 6.45) is 3.26. The van der Waals surface area contributed by atoms with Gasteiger partial charge in [-0.05, 0) is 22.0 Å². The smallest absolute Gasteiger partial charge is 0.267 e. The van der Waals surface area contributed by atoms with Crippen LogP contribution in [0.4, 0.5) is 0 Å². The van der Waals surface area contributed by atoms with Gasteiger partial charge in [0.15, 0.2) is 0 Å². The lowest BCUT2D eigenvalue weighted by Gasteiger charge is -2.04. The highest BCUT2D eigenvalue weighted by molar-refractivity contribution is 9.18. The van der Waals surface area contributed by atoms with Crippen molar-refractivity contribution in [3.63, 3.8) is 0 Å². The Labute approximate surface area is 77.3 Å². The van der Waals surface area contributed by atoms with E-state index in [1.807, 2.05) is 0 Å². The zero-order valence-corrected chi connectivity index (χ0v) is 8.25. The van der Waals surface area contributed by atoms with Crippen LogP contribution in [0.2, 0.25) is 0 Å². The van der Waals surface area contributed by atoms with E-state index in [1.54, 1.807) is 12.2 Å². The van der Waals surface area contributed by atoms with Crippen LogP contribution in [0.15, 0.2) is 17.1 Å². The van der Waals surface area contributed by atoms with Gasteiger partial charge >= 0.3 is 0 Å². The van der Waals surface area contributed by atoms with Crippen molar-refractivity contribution >= 4 is 43.4 Å². The molecule has 0 saturated heterocycles. The average molecular weight is 270 g/mol. The van der Waals surface area contributed by atoms with Crippen LogP contribution in [0.5, 0.6) is 0 Å². The molecule has 0 aromatic carbocycles. The highest BCUT2D eigenvalue weighted by atomic mass is 79.9. The van der Waals surface area contributed by atoms with Gasteiger partial charge in [-0.15, -0.1) is 17.0 Å². The highest BCUT2D eigenvalue weighted by Gasteiger charge is 2.12. The van der Waals surface area contributed by atoms with Gasteiger partial charge in [0.2, 0.25) is 0 Å². The molecule has 3 nitrogen and oxygen atoms in total. The Morgan fingerprint density at radius 2 is 2.30 bits per heavy atom. The minimum Gasteiger partial charge on any atom is -0.317 e. The molecule has 1 heterocycles. The molecular weight excluding hydrogens is 264 g/mol. The van der Waals surface area contributed by atoms with Crippen molar-refractivity contribution in [1.29, 1.82) is 0 Å². The minimum atomic E-state index is -0.550. The number of nitrogens with zero attached hydrogens (tertiary/aromatic N) is 1. The third kappa shape index (κ3) is 2.32. The van der Waals surface area contributed by atoms with Crippen LogP contribution in [0, 0.1) is 0 Å². The van der Waals surface area contributed by atoms with E-state index in [2.05, 4.69) is 20.9 Å². The van der Waals surface area contributed by atoms with Crippen molar-refractivity contribution in [2.24, 2.45) is 10.7 Å². The fourth-order valence-corrected chi connectivity index (χ4v) is 0.810. The molecule has 10 heavy (non-hydrogen) atoms. The van der Waals surface area contributed by atoms with Gasteiger partial charge in [0.25, 0.3) is 5.91 Å². The number of aliphatic imine (C=N–C) groups is 1. The van der Waals surface area contributed by atoms with Crippen molar-refractivity contribution in [3.8, 4) is 0 Å². The highest BCUT2D eigenvalue weighted by Crippen LogP contribution is 2.01. The number of hydrogen-bond donors (Lipinski definition) is 1. The number of hydrogen-bond acceptors (Lipinski definition) is 2. The molecule has 0 aliphatic carbocycles. The fourth-order valence-electron chi connectivity index (χ4n) is 0.482. The van der Waals surface area contributed by atoms with Crippen LogP contribution >= 0.6 is 32.9 Å². The maximum atomic E-state index is 10.6. The second-order valence-electron chi connectivity index (χ2n) is 1.66. The number of nitrogens with two attached hydrogens (primary N) is 1. The van der Waals surface area contributed by atoms with Crippen molar-refractivity contribution in [2.45, 2.75) is 6.04 Å². The standard InChI is InChI=1S/C5H5BrN2O.BrH/c6-4-2-1-3(7)5(9)8-4;/h1-3H,7H2;1H. The summed E-state index contributed by atoms with van der Waals surface area (Å²) in [4.78, 5) is 14.2. The summed E-state index contributed by atoms with van der Waals surface area (Å²) in [5.74, 6) is -0.302. The lowest BCUT2D eigenvalue weighted by Crippen LogP contribution is -2.29. The number of rotatable bonds is 0. The van der Waals surface area contributed by atoms with E-state index in [0.717, 1.165) is 0 Å². The third-order valence-electron chi connectivity index (χ3n) is 0.943. The van der Waals surface area contributed by atoms with Crippen LogP contribution in [-0.2, 0) is 4.79 Å². The van der Waals surface area contributed by atoms with Crippen LogP contribution in [0.3, 0.4) is 0 Å². The summed E-state index contributed by atoms with van der Waals surface area (Å²) in [6, 6.07) is -0.550. The van der Waals surface area contributed by atoms with Crippen LogP contribution in [-0.4, -0.2) is 16.6 Å². The Bertz CT molecular complexity index is 200. The topological polar surface area (TPSA) is 55.4 Å². The number of dihydropyridines is 1. The van der Waals surface area contributed by atoms with E-state index >= 15 is 0 Å². The number of carbonyl (C=O) groups is 1. The molecule has 5 heteroatoms. The Balaban J connectivity index is 0.000000810. The summed E-state index contributed by atoms with van der Waals surface area (Å²) in [7, 11) is 0. The molecule has 2 N–H and O–H groups in total. The second kappa shape index (κ2) is 4.00. The van der Waals surface area contributed by atoms with E-state index in [0.29, 0.717) is 4.62 Å². The van der Waals surface area contributed by atoms with E-state index < -0.39 is 6.04 Å². The summed E-state index contributed by atoms with van der Waals surface area (Å²) in [5, 5.41) is 0. The Morgan fingerprint density at radius 3 is 2.70 bits per heavy atom. The van der Waals surface area contributed by atoms with Crippen molar-refractivity contribution in [3.05, 3.63) is 12.2 Å². The fraction of sp³-hybridized carbons (Fsp3) is 0.200. The van der Waals surface area contributed by atoms with Crippen LogP contribution in [0.25, 0.3) is 0 Å². The first-order valence-electron chi connectivity index (χ1n) is 2.42. The SMILES string of the molecule is Br.NC1C=CC(Br)=NC1=O. The maximum absolute atomic E-state index is 10.6. The minimum absolute atomic E-state index is 0. The van der Waals surface area contributed by atoms with Crippen LogP contribution < -0.4 is 5.73 Å². The number of amides is 1. The lowest BCUT2D eigenvalue weighted by atomic mass is 10.2. The number of carbonyl (C=O) groups excluding carboxylic acids is 1. The van der Waals surface area contributed by atoms with Gasteiger partial charge in [0.05, 0.1) is 0 Å². The molecule has 1 aliphatic rings. The Morgan fingerprint density at radius 1 is 1.70 bits per heavy atom. The van der Waals surface area contributed by atoms with E-state index in [1.165, 1.54) is 0 Å². The molecule has 1 aliphatic heterocycles. The quantitative estimate of drug-likeness (QED) is 0.707. The van der Waals surface area contributed by atoms with E-state index in [4.69, 9.17) is 5.73 Å². The van der Waals surface area contributed by atoms with E-state index in [9.17, 15) is 4.79 Å². The Kier molecular flexibility index (Phi) is 4.00. The summed E-state index contributed by atoms with van der Waals surface area (Å²) in [5.41, 5.74) is 5.28. The van der Waals surface area contributed by atoms with Gasteiger partial charge in [0.1, 0.15) is 10.7 Å². The molecular formula is C5H6Br2N2O. The first kappa shape index (κ1) is 10.0. The zero-order valence-electron chi connectivity index (χ0n) is 4.95. The molecule has 0 aromatic heterocycles. The van der Waals surface area contributed by atoms with E-state index in [-0.39, 0.29) is 22.9 Å². The first-order chi connectivity index (χ1) is 4.20. The third-order valence-corrected chi connectivity index (χ3v) is 1.38. The van der Waals surface area contributed by atoms with Gasteiger partial charge in [0, 0.05) is 0 Å². The molecule has 0 fully saturated rings. The van der Waals surface area contributed by atoms with Crippen LogP contribution in [0.1, 0.15) is 0 Å². The van der Waals surface area contributed by atoms with Crippen molar-refractivity contribution < 1.29 is 4.79 Å². The first-order valence-corrected chi connectivity index (χ1v) is 3.21. The molecule has 1 atom stereocenters. The summed E-state index contributed by atoms with van der Waals surface area (Å²) < 4.78 is 0.536. The van der Waals surface area contributed by atoms with Gasteiger partial charge in [-0.2, -0.15) is 0 Å². The second-order valence-corrected chi connectivity index (χ2v) is 2.47. The largest absolute Gasteiger partial charge is 0.317 e. The molecule has 0 bridgehead atoms. The molecule has 0 saturated carbocycles. The number of halogens is 2. The lowest BCUT2D eigenvalue weighted by molar-refractivity contribution is -0.118. The van der Waals surface area contributed by atoms with Gasteiger partial charge < -0.3 is 5.73 Å². The maximum Gasteiger partial charge on any atom is 0.267 e. The molecule has 0 radical (unpaired) electrons. The van der Waals surface area contributed by atoms with Crippen molar-refractivity contribution in [2.75, 3.05) is 0 Å². The summed E-state index contributed by atoms with van der Waals surface area (Å²) >= 11 is 3.04. The predicted octanol–water partition coefficient (Wildman–Crippen LogP) is 0.781. The molecule has 0 aromatic rings. The van der Waals surface area contributed by atoms with Gasteiger partial charge in [-0.25, -0.2) is 4.99 Å². The van der Waals surface area contributed by atoms with Crippen molar-refractivity contribution in [1.82, 2.24) is 0 Å². The molecule has 1 unspecified atom stereocenters. The molecule has 1 amide bonds. The Hall–Kier alpha value is 0. The summed E-state index contributed by atoms with van der Waals surface area (Å²) in [6.45, 7) is 0. The molecule has 56 valence electrons. The zero-order chi connectivity index (χ0) is 6.85. The predicted molar refractivity (Wildman–Crippen MR) is 48.8 cm³/mol. The molecule has 1 rings (SSSR count). The monoisotopic (exact) mass is 268 g/mol. The normalized spacial score (nSPS) is 23.6. The van der Waals surface area contributed by atoms with Gasteiger partial charge in [-0.3, -0.25) is 4.79 Å².